The van der Waals surface area contributed by atoms with E-state index in [9.17, 15) is 0 Å². The molecular weight excluding hydrogens is 732 g/mol. The van der Waals surface area contributed by atoms with Gasteiger partial charge >= 0.3 is 0 Å². The summed E-state index contributed by atoms with van der Waals surface area (Å²) in [6.07, 6.45) is 11.6. The Bertz CT molecular complexity index is 2250. The summed E-state index contributed by atoms with van der Waals surface area (Å²) >= 11 is 6.65. The minimum absolute atomic E-state index is 0.191. The summed E-state index contributed by atoms with van der Waals surface area (Å²) in [4.78, 5) is 23.8. The third-order valence-electron chi connectivity index (χ3n) is 12.2. The number of nitrogens with zero attached hydrogens (tertiary/aromatic N) is 9. The third kappa shape index (κ3) is 7.98. The monoisotopic (exact) mass is 786 g/mol. The zero-order valence-electron chi connectivity index (χ0n) is 33.6. The van der Waals surface area contributed by atoms with Crippen LogP contribution in [-0.2, 0) is 7.05 Å². The molecule has 1 aromatic carbocycles. The number of piperidine rings is 1. The maximum absolute atomic E-state index is 6.65. The number of para-hydroxylation sites is 1. The van der Waals surface area contributed by atoms with E-state index in [1.54, 1.807) is 6.20 Å². The van der Waals surface area contributed by atoms with Gasteiger partial charge in [0.15, 0.2) is 5.82 Å². The molecule has 12 nitrogen and oxygen atoms in total. The van der Waals surface area contributed by atoms with E-state index in [-0.39, 0.29) is 5.92 Å². The molecule has 4 aliphatic heterocycles. The summed E-state index contributed by atoms with van der Waals surface area (Å²) in [5, 5.41) is 16.7. The largest absolute Gasteiger partial charge is 0.392 e. The second-order valence-electron chi connectivity index (χ2n) is 15.9. The number of pyridine rings is 1. The van der Waals surface area contributed by atoms with Gasteiger partial charge in [0.1, 0.15) is 10.8 Å². The first-order valence-corrected chi connectivity index (χ1v) is 20.5. The molecule has 8 rings (SSSR count). The lowest BCUT2D eigenvalue weighted by molar-refractivity contribution is 0.241. The van der Waals surface area contributed by atoms with Gasteiger partial charge in [0, 0.05) is 100 Å². The Kier molecular flexibility index (Phi) is 11.0. The van der Waals surface area contributed by atoms with Gasteiger partial charge < -0.3 is 30.7 Å². The van der Waals surface area contributed by atoms with Crippen LogP contribution < -0.4 is 30.7 Å². The van der Waals surface area contributed by atoms with Crippen molar-refractivity contribution in [3.63, 3.8) is 0 Å². The summed E-state index contributed by atoms with van der Waals surface area (Å²) in [7, 11) is 5.98. The van der Waals surface area contributed by atoms with E-state index in [0.717, 1.165) is 135 Å². The highest BCUT2D eigenvalue weighted by atomic mass is 35.5. The van der Waals surface area contributed by atoms with E-state index in [1.807, 2.05) is 25.2 Å². The fourth-order valence-electron chi connectivity index (χ4n) is 8.76. The number of piperazine rings is 1. The summed E-state index contributed by atoms with van der Waals surface area (Å²) < 4.78 is 2.07. The highest BCUT2D eigenvalue weighted by molar-refractivity contribution is 6.32. The third-order valence-corrected chi connectivity index (χ3v) is 12.5. The van der Waals surface area contributed by atoms with Crippen molar-refractivity contribution in [2.75, 3.05) is 79.9 Å². The van der Waals surface area contributed by atoms with Gasteiger partial charge in [0.2, 0.25) is 5.95 Å². The first kappa shape index (κ1) is 38.5. The summed E-state index contributed by atoms with van der Waals surface area (Å²) in [6, 6.07) is 8.74. The number of benzene rings is 1. The molecule has 3 aromatic heterocycles. The van der Waals surface area contributed by atoms with Crippen molar-refractivity contribution < 1.29 is 0 Å². The molecule has 57 heavy (non-hydrogen) atoms. The molecule has 0 radical (unpaired) electrons. The molecule has 13 heteroatoms. The van der Waals surface area contributed by atoms with E-state index in [2.05, 4.69) is 104 Å². The van der Waals surface area contributed by atoms with Crippen LogP contribution in [0.1, 0.15) is 55.7 Å². The normalized spacial score (nSPS) is 20.2. The molecule has 3 fully saturated rings. The molecule has 3 saturated heterocycles. The SMILES string of the molecule is C=C(CCC1=Cc2cc(Nc3nc(N4CCC(CCN5CCN(c6cccc7c(C8CCC(=C)NC8=C)nn(C)c67)CC5)C4)ncc3Cl)cnc2N(C)C1=C)NC. The Morgan fingerprint density at radius 1 is 1.02 bits per heavy atom. The number of rotatable bonds is 12. The van der Waals surface area contributed by atoms with Crippen LogP contribution in [0.2, 0.25) is 5.02 Å². The Labute approximate surface area is 341 Å². The fraction of sp³-hybridized carbons (Fsp3) is 0.409. The van der Waals surface area contributed by atoms with Crippen molar-refractivity contribution in [2.24, 2.45) is 13.0 Å². The van der Waals surface area contributed by atoms with Gasteiger partial charge in [-0.2, -0.15) is 10.1 Å². The van der Waals surface area contributed by atoms with Crippen LogP contribution in [0.4, 0.5) is 29.0 Å². The topological polar surface area (TPSA) is 106 Å². The molecule has 298 valence electrons. The lowest BCUT2D eigenvalue weighted by Crippen LogP contribution is -2.47. The predicted molar refractivity (Wildman–Crippen MR) is 235 cm³/mol. The number of likely N-dealkylation sites (N-methyl/N-ethyl adjacent to an activating group) is 1. The van der Waals surface area contributed by atoms with Crippen LogP contribution in [0.25, 0.3) is 17.0 Å². The van der Waals surface area contributed by atoms with Crippen molar-refractivity contribution in [3.05, 3.63) is 108 Å². The van der Waals surface area contributed by atoms with Gasteiger partial charge in [0.25, 0.3) is 0 Å². The van der Waals surface area contributed by atoms with Crippen LogP contribution in [0.15, 0.2) is 91.3 Å². The highest BCUT2D eigenvalue weighted by Crippen LogP contribution is 2.39. The molecule has 0 aliphatic carbocycles. The van der Waals surface area contributed by atoms with Gasteiger partial charge in [-0.25, -0.2) is 9.97 Å². The summed E-state index contributed by atoms with van der Waals surface area (Å²) in [5.41, 5.74) is 10.6. The minimum atomic E-state index is 0.191. The number of aryl methyl sites for hydroxylation is 1. The highest BCUT2D eigenvalue weighted by Gasteiger charge is 2.30. The van der Waals surface area contributed by atoms with Crippen LogP contribution in [0.5, 0.6) is 0 Å². The number of hydrogen-bond donors (Lipinski definition) is 3. The number of anilines is 5. The lowest BCUT2D eigenvalue weighted by atomic mass is 9.90. The average molecular weight is 787 g/mol. The molecular formula is C44H55ClN12. The van der Waals surface area contributed by atoms with Gasteiger partial charge in [0.05, 0.1) is 35.0 Å². The lowest BCUT2D eigenvalue weighted by Gasteiger charge is -2.36. The van der Waals surface area contributed by atoms with Gasteiger partial charge in [-0.15, -0.1) is 0 Å². The molecule has 2 unspecified atom stereocenters. The second-order valence-corrected chi connectivity index (χ2v) is 16.3. The Hall–Kier alpha value is -5.33. The van der Waals surface area contributed by atoms with E-state index in [4.69, 9.17) is 26.7 Å². The van der Waals surface area contributed by atoms with Crippen molar-refractivity contribution in [2.45, 2.75) is 44.4 Å². The number of allylic oxidation sites excluding steroid dienone is 4. The smallest absolute Gasteiger partial charge is 0.227 e. The summed E-state index contributed by atoms with van der Waals surface area (Å²) in [5.74, 6) is 2.92. The average Bonchev–Trinajstić information content (AvgIpc) is 3.83. The predicted octanol–water partition coefficient (Wildman–Crippen LogP) is 7.55. The minimum Gasteiger partial charge on any atom is -0.392 e. The Morgan fingerprint density at radius 2 is 1.84 bits per heavy atom. The first-order chi connectivity index (χ1) is 27.6. The molecule has 4 aromatic rings. The van der Waals surface area contributed by atoms with Crippen molar-refractivity contribution in [3.8, 4) is 0 Å². The maximum Gasteiger partial charge on any atom is 0.227 e. The van der Waals surface area contributed by atoms with Gasteiger partial charge in [-0.1, -0.05) is 50.0 Å². The molecule has 0 amide bonds. The van der Waals surface area contributed by atoms with Crippen LogP contribution in [-0.4, -0.2) is 89.5 Å². The number of aromatic nitrogens is 5. The van der Waals surface area contributed by atoms with Gasteiger partial charge in [-0.05, 0) is 74.8 Å². The zero-order valence-corrected chi connectivity index (χ0v) is 34.4. The van der Waals surface area contributed by atoms with Gasteiger partial charge in [-0.3, -0.25) is 9.58 Å². The van der Waals surface area contributed by atoms with Crippen LogP contribution in [0, 0.1) is 5.92 Å². The fourth-order valence-corrected chi connectivity index (χ4v) is 8.90. The van der Waals surface area contributed by atoms with Crippen molar-refractivity contribution in [1.82, 2.24) is 40.3 Å². The number of fused-ring (bicyclic) bond motifs is 2. The number of hydrogen-bond acceptors (Lipinski definition) is 11. The summed E-state index contributed by atoms with van der Waals surface area (Å²) in [6.45, 7) is 23.8. The Balaban J connectivity index is 0.855. The molecule has 2 atom stereocenters. The zero-order chi connectivity index (χ0) is 39.8. The number of halogens is 1. The Morgan fingerprint density at radius 3 is 2.63 bits per heavy atom. The molecule has 3 N–H and O–H groups in total. The number of nitrogens with one attached hydrogen (secondary N) is 3. The quantitative estimate of drug-likeness (QED) is 0.133. The van der Waals surface area contributed by atoms with E-state index >= 15 is 0 Å². The second kappa shape index (κ2) is 16.3. The molecule has 0 spiro atoms. The molecule has 7 heterocycles. The van der Waals surface area contributed by atoms with Crippen LogP contribution >= 0.6 is 11.6 Å². The molecule has 0 saturated carbocycles. The first-order valence-electron chi connectivity index (χ1n) is 20.2. The molecule has 0 bridgehead atoms. The van der Waals surface area contributed by atoms with E-state index in [1.165, 1.54) is 16.6 Å². The van der Waals surface area contributed by atoms with Crippen molar-refractivity contribution in [1.29, 1.82) is 0 Å². The molecule has 4 aliphatic rings. The maximum atomic E-state index is 6.65. The van der Waals surface area contributed by atoms with Crippen molar-refractivity contribution >= 4 is 57.5 Å². The van der Waals surface area contributed by atoms with E-state index in [0.29, 0.717) is 22.7 Å². The standard InChI is InChI=1S/C44H55ClN12/c1-28(46-5)11-13-33-23-34-24-35(25-47-43(34)53(6)31(33)4)50-42-38(45)26-48-44(51-42)57-18-16-32(27-57)15-17-55-19-21-56(22-20-55)39-10-8-9-37-40(52-54(7)41(37)39)36-14-12-29(2)49-30(36)3/h8-10,23-26,32,36,46,49H,1-4,11-22,27H2,5-7H3,(H,48,50,51). The van der Waals surface area contributed by atoms with E-state index < -0.39 is 0 Å². The van der Waals surface area contributed by atoms with Crippen LogP contribution in [0.3, 0.4) is 0 Å².